The zero-order valence-corrected chi connectivity index (χ0v) is 13.0. The van der Waals surface area contributed by atoms with Gasteiger partial charge in [-0.2, -0.15) is 10.2 Å². The first-order valence-corrected chi connectivity index (χ1v) is 6.95. The molecule has 2 rings (SSSR count). The molecule has 0 radical (unpaired) electrons. The molecule has 0 bridgehead atoms. The smallest absolute Gasteiger partial charge is 0.273 e. The number of amides is 1. The van der Waals surface area contributed by atoms with Crippen LogP contribution in [-0.4, -0.2) is 39.2 Å². The Morgan fingerprint density at radius 2 is 2.33 bits per heavy atom. The van der Waals surface area contributed by atoms with Crippen LogP contribution in [-0.2, 0) is 18.3 Å². The highest BCUT2D eigenvalue weighted by atomic mass is 35.5. The van der Waals surface area contributed by atoms with Gasteiger partial charge in [0.15, 0.2) is 5.69 Å². The first-order chi connectivity index (χ1) is 10.1. The predicted molar refractivity (Wildman–Crippen MR) is 78.2 cm³/mol. The van der Waals surface area contributed by atoms with Gasteiger partial charge in [-0.1, -0.05) is 11.6 Å². The van der Waals surface area contributed by atoms with E-state index in [1.165, 1.54) is 0 Å². The zero-order valence-electron chi connectivity index (χ0n) is 12.2. The Morgan fingerprint density at radius 3 is 2.86 bits per heavy atom. The van der Waals surface area contributed by atoms with Gasteiger partial charge in [-0.05, 0) is 13.0 Å². The lowest BCUT2D eigenvalue weighted by atomic mass is 10.2. The van der Waals surface area contributed by atoms with E-state index in [1.54, 1.807) is 28.9 Å². The van der Waals surface area contributed by atoms with Crippen LogP contribution in [0.4, 0.5) is 0 Å². The summed E-state index contributed by atoms with van der Waals surface area (Å²) >= 11 is 6.04. The molecule has 0 aliphatic rings. The number of nitrogens with zero attached hydrogens (tertiary/aromatic N) is 4. The Morgan fingerprint density at radius 1 is 1.57 bits per heavy atom. The first kappa shape index (κ1) is 15.5. The van der Waals surface area contributed by atoms with Gasteiger partial charge in [0, 0.05) is 33.1 Å². The fourth-order valence-electron chi connectivity index (χ4n) is 2.03. The average Bonchev–Trinajstić information content (AvgIpc) is 3.04. The van der Waals surface area contributed by atoms with E-state index in [0.717, 1.165) is 5.69 Å². The Kier molecular flexibility index (Phi) is 4.98. The number of aryl methyl sites for hydroxylation is 2. The number of halogens is 1. The summed E-state index contributed by atoms with van der Waals surface area (Å²) in [5, 5.41) is 11.5. The van der Waals surface area contributed by atoms with Crippen LogP contribution in [0.5, 0.6) is 0 Å². The van der Waals surface area contributed by atoms with Gasteiger partial charge in [0.2, 0.25) is 0 Å². The topological polar surface area (TPSA) is 74.0 Å². The molecule has 1 unspecified atom stereocenters. The third-order valence-electron chi connectivity index (χ3n) is 3.11. The predicted octanol–water partition coefficient (Wildman–Crippen LogP) is 1.41. The van der Waals surface area contributed by atoms with Gasteiger partial charge >= 0.3 is 0 Å². The number of carbonyl (C=O) groups is 1. The Bertz CT molecular complexity index is 622. The van der Waals surface area contributed by atoms with Gasteiger partial charge in [0.05, 0.1) is 23.4 Å². The summed E-state index contributed by atoms with van der Waals surface area (Å²) in [5.74, 6) is -0.338. The highest BCUT2D eigenvalue weighted by Gasteiger charge is 2.22. The molecule has 1 N–H and O–H groups in total. The molecule has 7 nitrogen and oxygen atoms in total. The lowest BCUT2D eigenvalue weighted by Crippen LogP contribution is -2.33. The van der Waals surface area contributed by atoms with E-state index in [2.05, 4.69) is 15.5 Å². The van der Waals surface area contributed by atoms with Crippen molar-refractivity contribution in [2.75, 3.05) is 13.7 Å². The monoisotopic (exact) mass is 311 g/mol. The fourth-order valence-corrected chi connectivity index (χ4v) is 2.27. The molecule has 0 saturated heterocycles. The minimum absolute atomic E-state index is 0.210. The lowest BCUT2D eigenvalue weighted by molar-refractivity contribution is 0.0886. The van der Waals surface area contributed by atoms with Crippen LogP contribution in [0.1, 0.15) is 29.1 Å². The van der Waals surface area contributed by atoms with E-state index in [9.17, 15) is 4.79 Å². The largest absolute Gasteiger partial charge is 0.382 e. The van der Waals surface area contributed by atoms with E-state index in [4.69, 9.17) is 16.3 Å². The van der Waals surface area contributed by atoms with Crippen LogP contribution in [0.3, 0.4) is 0 Å². The second-order valence-corrected chi connectivity index (χ2v) is 4.95. The van der Waals surface area contributed by atoms with Crippen molar-refractivity contribution >= 4 is 17.5 Å². The fraction of sp³-hybridized carbons (Fsp3) is 0.462. The summed E-state index contributed by atoms with van der Waals surface area (Å²) in [6.07, 6.45) is 3.30. The van der Waals surface area contributed by atoms with Crippen LogP contribution < -0.4 is 5.32 Å². The zero-order chi connectivity index (χ0) is 15.4. The quantitative estimate of drug-likeness (QED) is 0.875. The van der Waals surface area contributed by atoms with Crippen LogP contribution >= 0.6 is 11.6 Å². The molecule has 8 heteroatoms. The average molecular weight is 312 g/mol. The van der Waals surface area contributed by atoms with Crippen molar-refractivity contribution in [3.63, 3.8) is 0 Å². The van der Waals surface area contributed by atoms with Crippen LogP contribution in [0.2, 0.25) is 5.02 Å². The van der Waals surface area contributed by atoms with Crippen LogP contribution in [0.25, 0.3) is 0 Å². The third kappa shape index (κ3) is 3.43. The van der Waals surface area contributed by atoms with Crippen LogP contribution in [0.15, 0.2) is 18.5 Å². The number of aromatic nitrogens is 4. The SMILES string of the molecule is CCn1cc(Cl)c(C(=O)NC(COC)c2ccnn2C)n1. The molecule has 2 aromatic heterocycles. The number of carbonyl (C=O) groups excluding carboxylic acids is 1. The molecule has 0 spiro atoms. The molecular weight excluding hydrogens is 294 g/mol. The molecule has 2 aromatic rings. The summed E-state index contributed by atoms with van der Waals surface area (Å²) < 4.78 is 8.47. The summed E-state index contributed by atoms with van der Waals surface area (Å²) in [6, 6.07) is 1.51. The van der Waals surface area contributed by atoms with E-state index in [0.29, 0.717) is 18.2 Å². The maximum Gasteiger partial charge on any atom is 0.273 e. The van der Waals surface area contributed by atoms with Crippen molar-refractivity contribution in [2.45, 2.75) is 19.5 Å². The number of nitrogens with one attached hydrogen (secondary N) is 1. The summed E-state index contributed by atoms with van der Waals surface area (Å²) in [5.41, 5.74) is 1.05. The summed E-state index contributed by atoms with van der Waals surface area (Å²) in [4.78, 5) is 12.3. The molecule has 0 aliphatic heterocycles. The van der Waals surface area contributed by atoms with E-state index >= 15 is 0 Å². The number of ether oxygens (including phenoxy) is 1. The molecule has 21 heavy (non-hydrogen) atoms. The molecular formula is C13H18ClN5O2. The summed E-state index contributed by atoms with van der Waals surface area (Å²) in [6.45, 7) is 2.90. The molecule has 0 aliphatic carbocycles. The minimum atomic E-state index is -0.338. The van der Waals surface area contributed by atoms with Crippen molar-refractivity contribution < 1.29 is 9.53 Å². The van der Waals surface area contributed by atoms with Gasteiger partial charge in [0.25, 0.3) is 5.91 Å². The number of methoxy groups -OCH3 is 1. The molecule has 1 atom stereocenters. The highest BCUT2D eigenvalue weighted by Crippen LogP contribution is 2.17. The molecule has 1 amide bonds. The van der Waals surface area contributed by atoms with Gasteiger partial charge in [-0.15, -0.1) is 0 Å². The Hall–Kier alpha value is -1.86. The molecule has 2 heterocycles. The van der Waals surface area contributed by atoms with Gasteiger partial charge in [0.1, 0.15) is 0 Å². The van der Waals surface area contributed by atoms with Gasteiger partial charge < -0.3 is 10.1 Å². The third-order valence-corrected chi connectivity index (χ3v) is 3.39. The number of hydrogen-bond acceptors (Lipinski definition) is 4. The Labute approximate surface area is 127 Å². The first-order valence-electron chi connectivity index (χ1n) is 6.57. The van der Waals surface area contributed by atoms with Gasteiger partial charge in [-0.25, -0.2) is 0 Å². The molecule has 0 saturated carbocycles. The van der Waals surface area contributed by atoms with E-state index in [-0.39, 0.29) is 17.6 Å². The molecule has 0 aromatic carbocycles. The van der Waals surface area contributed by atoms with Crippen molar-refractivity contribution in [3.05, 3.63) is 34.9 Å². The van der Waals surface area contributed by atoms with E-state index < -0.39 is 0 Å². The normalized spacial score (nSPS) is 12.4. The maximum absolute atomic E-state index is 12.3. The standard InChI is InChI=1S/C13H18ClN5O2/c1-4-19-7-9(14)12(17-19)13(20)16-10(8-21-3)11-5-6-15-18(11)2/h5-7,10H,4,8H2,1-3H3,(H,16,20). The molecule has 114 valence electrons. The highest BCUT2D eigenvalue weighted by molar-refractivity contribution is 6.33. The van der Waals surface area contributed by atoms with Crippen molar-refractivity contribution in [1.82, 2.24) is 24.9 Å². The van der Waals surface area contributed by atoms with Gasteiger partial charge in [-0.3, -0.25) is 14.2 Å². The Balaban J connectivity index is 2.18. The minimum Gasteiger partial charge on any atom is -0.382 e. The number of hydrogen-bond donors (Lipinski definition) is 1. The lowest BCUT2D eigenvalue weighted by Gasteiger charge is -2.17. The van der Waals surface area contributed by atoms with Crippen molar-refractivity contribution in [2.24, 2.45) is 7.05 Å². The second-order valence-electron chi connectivity index (χ2n) is 4.54. The van der Waals surface area contributed by atoms with E-state index in [1.807, 2.05) is 20.0 Å². The second kappa shape index (κ2) is 6.73. The van der Waals surface area contributed by atoms with Crippen molar-refractivity contribution in [1.29, 1.82) is 0 Å². The molecule has 0 fully saturated rings. The van der Waals surface area contributed by atoms with Crippen LogP contribution in [0, 0.1) is 0 Å². The summed E-state index contributed by atoms with van der Waals surface area (Å²) in [7, 11) is 3.39. The van der Waals surface area contributed by atoms with Crippen molar-refractivity contribution in [3.8, 4) is 0 Å². The number of rotatable bonds is 6. The maximum atomic E-state index is 12.3.